The molecule has 1 aliphatic rings. The number of nitrogens with two attached hydrogens (primary N) is 1. The van der Waals surface area contributed by atoms with Gasteiger partial charge in [0.05, 0.1) is 5.69 Å². The number of amides is 1. The van der Waals surface area contributed by atoms with Crippen LogP contribution in [0.15, 0.2) is 18.2 Å². The van der Waals surface area contributed by atoms with Crippen LogP contribution in [0.4, 0.5) is 18.9 Å². The van der Waals surface area contributed by atoms with Crippen LogP contribution in [-0.4, -0.2) is 19.1 Å². The molecule has 1 fully saturated rings. The van der Waals surface area contributed by atoms with E-state index in [1.165, 1.54) is 6.07 Å². The summed E-state index contributed by atoms with van der Waals surface area (Å²) < 4.78 is 42.2. The Hall–Kier alpha value is -1.76. The van der Waals surface area contributed by atoms with E-state index >= 15 is 0 Å². The van der Waals surface area contributed by atoms with Crippen molar-refractivity contribution in [1.29, 1.82) is 0 Å². The Morgan fingerprint density at radius 2 is 2.00 bits per heavy atom. The van der Waals surface area contributed by atoms with Gasteiger partial charge in [0.15, 0.2) is 5.75 Å². The molecule has 0 atom stereocenters. The highest BCUT2D eigenvalue weighted by molar-refractivity contribution is 5.92. The van der Waals surface area contributed by atoms with Crippen LogP contribution >= 0.6 is 0 Å². The largest absolute Gasteiger partial charge is 0.432 e. The predicted molar refractivity (Wildman–Crippen MR) is 80.9 cm³/mol. The molecule has 128 valence electrons. The van der Waals surface area contributed by atoms with Crippen LogP contribution < -0.4 is 15.8 Å². The minimum absolute atomic E-state index is 0.0275. The van der Waals surface area contributed by atoms with E-state index in [0.717, 1.165) is 44.2 Å². The van der Waals surface area contributed by atoms with Crippen molar-refractivity contribution in [1.82, 2.24) is 0 Å². The summed E-state index contributed by atoms with van der Waals surface area (Å²) in [7, 11) is 0. The first-order valence-electron chi connectivity index (χ1n) is 7.68. The summed E-state index contributed by atoms with van der Waals surface area (Å²) in [5.41, 5.74) is 5.63. The lowest BCUT2D eigenvalue weighted by Crippen LogP contribution is -2.36. The molecule has 0 aliphatic heterocycles. The quantitative estimate of drug-likeness (QED) is 0.836. The fourth-order valence-corrected chi connectivity index (χ4v) is 3.08. The minimum Gasteiger partial charge on any atom is -0.432 e. The van der Waals surface area contributed by atoms with Crippen LogP contribution in [0.5, 0.6) is 5.75 Å². The van der Waals surface area contributed by atoms with Gasteiger partial charge in [0.1, 0.15) is 5.82 Å². The summed E-state index contributed by atoms with van der Waals surface area (Å²) in [5, 5.41) is 2.53. The maximum Gasteiger partial charge on any atom is 0.387 e. The zero-order valence-electron chi connectivity index (χ0n) is 12.8. The Bertz CT molecular complexity index is 546. The van der Waals surface area contributed by atoms with E-state index in [4.69, 9.17) is 5.73 Å². The Labute approximate surface area is 133 Å². The Balaban J connectivity index is 2.07. The zero-order valence-corrected chi connectivity index (χ0v) is 12.8. The number of benzene rings is 1. The van der Waals surface area contributed by atoms with Gasteiger partial charge in [-0.25, -0.2) is 4.39 Å². The number of hydrogen-bond acceptors (Lipinski definition) is 3. The molecule has 0 heterocycles. The number of carbonyl (C=O) groups is 1. The number of rotatable bonds is 6. The van der Waals surface area contributed by atoms with Crippen molar-refractivity contribution in [3.63, 3.8) is 0 Å². The number of halogens is 3. The van der Waals surface area contributed by atoms with Crippen LogP contribution in [0, 0.1) is 11.2 Å². The third-order valence-corrected chi connectivity index (χ3v) is 4.32. The number of anilines is 1. The smallest absolute Gasteiger partial charge is 0.387 e. The van der Waals surface area contributed by atoms with Crippen LogP contribution in [0.2, 0.25) is 0 Å². The van der Waals surface area contributed by atoms with Gasteiger partial charge >= 0.3 is 6.61 Å². The number of hydrogen-bond donors (Lipinski definition) is 2. The number of ether oxygens (including phenoxy) is 1. The molecular formula is C16H21F3N2O2. The van der Waals surface area contributed by atoms with Gasteiger partial charge in [-0.15, -0.1) is 0 Å². The van der Waals surface area contributed by atoms with Crippen LogP contribution in [0.3, 0.4) is 0 Å². The van der Waals surface area contributed by atoms with Gasteiger partial charge in [-0.3, -0.25) is 4.79 Å². The second-order valence-electron chi connectivity index (χ2n) is 6.01. The average Bonchev–Trinajstić information content (AvgIpc) is 2.50. The highest BCUT2D eigenvalue weighted by Crippen LogP contribution is 2.39. The number of nitrogens with one attached hydrogen (secondary N) is 1. The minimum atomic E-state index is -3.10. The molecule has 23 heavy (non-hydrogen) atoms. The summed E-state index contributed by atoms with van der Waals surface area (Å²) in [4.78, 5) is 12.3. The van der Waals surface area contributed by atoms with Gasteiger partial charge in [0, 0.05) is 12.5 Å². The van der Waals surface area contributed by atoms with Crippen LogP contribution in [0.1, 0.15) is 38.5 Å². The van der Waals surface area contributed by atoms with Gasteiger partial charge in [0.25, 0.3) is 0 Å². The first-order valence-corrected chi connectivity index (χ1v) is 7.68. The fourth-order valence-electron chi connectivity index (χ4n) is 3.08. The second-order valence-corrected chi connectivity index (χ2v) is 6.01. The molecule has 0 spiro atoms. The molecular weight excluding hydrogens is 309 g/mol. The zero-order chi connectivity index (χ0) is 16.9. The molecule has 1 amide bonds. The first kappa shape index (κ1) is 17.6. The molecule has 0 unspecified atom stereocenters. The maximum atomic E-state index is 13.2. The standard InChI is InChI=1S/C16H21F3N2O2/c17-11-4-5-12(13(8-11)23-15(18)19)21-14(22)9-16(10-20)6-2-1-3-7-16/h4-5,8,15H,1-3,6-7,9-10,20H2,(H,21,22). The second kappa shape index (κ2) is 7.68. The Morgan fingerprint density at radius 3 is 2.61 bits per heavy atom. The molecule has 0 aromatic heterocycles. The summed E-state index contributed by atoms with van der Waals surface area (Å²) in [5.74, 6) is -1.44. The highest BCUT2D eigenvalue weighted by atomic mass is 19.3. The third-order valence-electron chi connectivity index (χ3n) is 4.32. The topological polar surface area (TPSA) is 64.4 Å². The summed E-state index contributed by atoms with van der Waals surface area (Å²) >= 11 is 0. The highest BCUT2D eigenvalue weighted by Gasteiger charge is 2.33. The van der Waals surface area contributed by atoms with E-state index in [-0.39, 0.29) is 23.4 Å². The molecule has 2 rings (SSSR count). The third kappa shape index (κ3) is 4.86. The van der Waals surface area contributed by atoms with E-state index in [0.29, 0.717) is 6.54 Å². The number of alkyl halides is 2. The first-order chi connectivity index (χ1) is 10.9. The fraction of sp³-hybridized carbons (Fsp3) is 0.562. The van der Waals surface area contributed by atoms with Crippen molar-refractivity contribution < 1.29 is 22.7 Å². The van der Waals surface area contributed by atoms with Crippen molar-refractivity contribution in [2.24, 2.45) is 11.1 Å². The molecule has 0 radical (unpaired) electrons. The molecule has 1 aliphatic carbocycles. The molecule has 0 bridgehead atoms. The van der Waals surface area contributed by atoms with Crippen molar-refractivity contribution in [2.45, 2.75) is 45.1 Å². The Kier molecular flexibility index (Phi) is 5.87. The van der Waals surface area contributed by atoms with E-state index in [2.05, 4.69) is 10.1 Å². The van der Waals surface area contributed by atoms with Gasteiger partial charge in [0.2, 0.25) is 5.91 Å². The monoisotopic (exact) mass is 330 g/mol. The normalized spacial score (nSPS) is 17.1. The molecule has 1 aromatic carbocycles. The molecule has 0 saturated heterocycles. The molecule has 1 aromatic rings. The van der Waals surface area contributed by atoms with Crippen molar-refractivity contribution in [3.05, 3.63) is 24.0 Å². The van der Waals surface area contributed by atoms with E-state index < -0.39 is 18.2 Å². The molecule has 1 saturated carbocycles. The molecule has 7 heteroatoms. The van der Waals surface area contributed by atoms with Gasteiger partial charge in [-0.1, -0.05) is 19.3 Å². The van der Waals surface area contributed by atoms with Crippen LogP contribution in [-0.2, 0) is 4.79 Å². The van der Waals surface area contributed by atoms with Crippen LogP contribution in [0.25, 0.3) is 0 Å². The SMILES string of the molecule is NCC1(CC(=O)Nc2ccc(F)cc2OC(F)F)CCCCC1. The number of carbonyl (C=O) groups excluding carboxylic acids is 1. The maximum absolute atomic E-state index is 13.2. The summed E-state index contributed by atoms with van der Waals surface area (Å²) in [6.07, 6.45) is 5.16. The van der Waals surface area contributed by atoms with Crippen molar-refractivity contribution in [2.75, 3.05) is 11.9 Å². The average molecular weight is 330 g/mol. The van der Waals surface area contributed by atoms with Crippen molar-refractivity contribution >= 4 is 11.6 Å². The van der Waals surface area contributed by atoms with Gasteiger partial charge < -0.3 is 15.8 Å². The van der Waals surface area contributed by atoms with E-state index in [1.54, 1.807) is 0 Å². The van der Waals surface area contributed by atoms with Crippen molar-refractivity contribution in [3.8, 4) is 5.75 Å². The lowest BCUT2D eigenvalue weighted by atomic mass is 9.71. The predicted octanol–water partition coefficient (Wildman–Crippen LogP) is 3.66. The van der Waals surface area contributed by atoms with E-state index in [1.807, 2.05) is 0 Å². The Morgan fingerprint density at radius 1 is 1.30 bits per heavy atom. The summed E-state index contributed by atoms with van der Waals surface area (Å²) in [6.45, 7) is -2.69. The molecule has 3 N–H and O–H groups in total. The van der Waals surface area contributed by atoms with Gasteiger partial charge in [-0.2, -0.15) is 8.78 Å². The lowest BCUT2D eigenvalue weighted by Gasteiger charge is -2.35. The summed E-state index contributed by atoms with van der Waals surface area (Å²) in [6, 6.07) is 3.11. The van der Waals surface area contributed by atoms with Gasteiger partial charge in [-0.05, 0) is 36.9 Å². The molecule has 4 nitrogen and oxygen atoms in total. The van der Waals surface area contributed by atoms with E-state index in [9.17, 15) is 18.0 Å². The lowest BCUT2D eigenvalue weighted by molar-refractivity contribution is -0.119.